The summed E-state index contributed by atoms with van der Waals surface area (Å²) >= 11 is 4.52. The number of ether oxygens (including phenoxy) is 5. The molecule has 2 saturated heterocycles. The van der Waals surface area contributed by atoms with E-state index in [2.05, 4.69) is 24.0 Å². The average molecular weight is 758 g/mol. The van der Waals surface area contributed by atoms with Gasteiger partial charge in [-0.15, -0.1) is 0 Å². The van der Waals surface area contributed by atoms with Gasteiger partial charge >= 0.3 is 12.1 Å². The first kappa shape index (κ1) is 42.2. The molecule has 2 amide bonds. The number of epoxide rings is 1. The second-order valence-corrected chi connectivity index (χ2v) is 17.0. The summed E-state index contributed by atoms with van der Waals surface area (Å²) in [5.74, 6) is -0.631. The molecule has 0 saturated carbocycles. The topological polar surface area (TPSA) is 136 Å². The zero-order valence-corrected chi connectivity index (χ0v) is 34.1. The van der Waals surface area contributed by atoms with Crippen LogP contribution in [-0.2, 0) is 39.8 Å². The van der Waals surface area contributed by atoms with Crippen LogP contribution in [0.1, 0.15) is 78.4 Å². The zero-order chi connectivity index (χ0) is 39.4. The summed E-state index contributed by atoms with van der Waals surface area (Å²) < 4.78 is 29.4. The molecule has 13 heteroatoms. The lowest BCUT2D eigenvalue weighted by molar-refractivity contribution is -0.162. The highest BCUT2D eigenvalue weighted by molar-refractivity contribution is 7.81. The first-order chi connectivity index (χ1) is 24.8. The van der Waals surface area contributed by atoms with Gasteiger partial charge in [-0.05, 0) is 58.2 Å². The molecule has 8 unspecified atom stereocenters. The van der Waals surface area contributed by atoms with Crippen molar-refractivity contribution in [3.63, 3.8) is 0 Å². The number of esters is 1. The molecule has 53 heavy (non-hydrogen) atoms. The fraction of sp³-hybridized carbons (Fsp3) is 0.650. The Bertz CT molecular complexity index is 1590. The van der Waals surface area contributed by atoms with Gasteiger partial charge in [0.2, 0.25) is 5.91 Å². The van der Waals surface area contributed by atoms with Crippen LogP contribution in [0.4, 0.5) is 10.5 Å². The molecule has 12 nitrogen and oxygen atoms in total. The Morgan fingerprint density at radius 1 is 1.21 bits per heavy atom. The minimum Gasteiger partial charge on any atom is -0.496 e. The Morgan fingerprint density at radius 3 is 2.55 bits per heavy atom. The molecular weight excluding hydrogens is 699 g/mol. The summed E-state index contributed by atoms with van der Waals surface area (Å²) in [5.41, 5.74) is 2.78. The zero-order valence-electron chi connectivity index (χ0n) is 33.2. The van der Waals surface area contributed by atoms with Gasteiger partial charge in [-0.25, -0.2) is 9.59 Å². The van der Waals surface area contributed by atoms with E-state index in [1.807, 2.05) is 77.8 Å². The molecule has 8 atom stereocenters. The monoisotopic (exact) mass is 757 g/mol. The molecule has 1 aromatic carbocycles. The van der Waals surface area contributed by atoms with E-state index < -0.39 is 48.1 Å². The van der Waals surface area contributed by atoms with Crippen LogP contribution in [0.3, 0.4) is 0 Å². The normalized spacial score (nSPS) is 30.3. The maximum absolute atomic E-state index is 13.9. The Hall–Kier alpha value is -3.55. The van der Waals surface area contributed by atoms with Crippen molar-refractivity contribution < 1.29 is 42.9 Å². The van der Waals surface area contributed by atoms with Crippen molar-refractivity contribution in [2.75, 3.05) is 39.8 Å². The second-order valence-electron chi connectivity index (χ2n) is 15.7. The molecule has 4 rings (SSSR count). The molecule has 294 valence electrons. The smallest absolute Gasteiger partial charge is 0.407 e. The number of nitrogens with one attached hydrogen (secondary N) is 1. The van der Waals surface area contributed by atoms with Crippen molar-refractivity contribution >= 4 is 42.1 Å². The molecule has 2 fully saturated rings. The van der Waals surface area contributed by atoms with E-state index in [0.29, 0.717) is 25.0 Å². The standard InChI is InChI=1S/C40H59N3O9S/c1-23-13-12-14-31(48-10)29-21-33(50-38(47)41-29)25(3)36-40(7,52-36)34(51-37(46)26(4)43(9)35(45)15-16-39(5,6)53)20-28(44)22-42(8)30-18-27(17-23)19-32(49-11)24(30)2/h12-14,18-19,25-26,29,31,33-34,36,53H,15-17,20-22H2,1-11H3,(H,41,47)/b14-12+,23-13+. The maximum Gasteiger partial charge on any atom is 0.407 e. The highest BCUT2D eigenvalue weighted by Crippen LogP contribution is 2.48. The number of methoxy groups -OCH3 is 2. The lowest BCUT2D eigenvalue weighted by atomic mass is 9.84. The van der Waals surface area contributed by atoms with Gasteiger partial charge in [0.1, 0.15) is 29.6 Å². The highest BCUT2D eigenvalue weighted by Gasteiger charge is 2.63. The van der Waals surface area contributed by atoms with Crippen molar-refractivity contribution in [1.29, 1.82) is 0 Å². The molecule has 0 radical (unpaired) electrons. The van der Waals surface area contributed by atoms with Gasteiger partial charge in [-0.3, -0.25) is 9.59 Å². The number of fused-ring (bicyclic) bond motifs is 5. The second kappa shape index (κ2) is 17.3. The van der Waals surface area contributed by atoms with Crippen molar-refractivity contribution in [1.82, 2.24) is 10.2 Å². The van der Waals surface area contributed by atoms with Crippen molar-refractivity contribution in [2.45, 2.75) is 127 Å². The number of Topliss-reactive ketones (excluding diaryl/α,β-unsaturated/α-hetero) is 1. The van der Waals surface area contributed by atoms with E-state index in [-0.39, 0.29) is 47.8 Å². The molecular formula is C40H59N3O9S. The lowest BCUT2D eigenvalue weighted by Crippen LogP contribution is -2.53. The third-order valence-electron chi connectivity index (χ3n) is 10.8. The van der Waals surface area contributed by atoms with Crippen molar-refractivity contribution in [2.24, 2.45) is 5.92 Å². The Labute approximate surface area is 320 Å². The minimum absolute atomic E-state index is 0.0365. The van der Waals surface area contributed by atoms with E-state index in [4.69, 9.17) is 23.7 Å². The molecule has 0 aromatic heterocycles. The van der Waals surface area contributed by atoms with Crippen molar-refractivity contribution in [3.8, 4) is 5.75 Å². The summed E-state index contributed by atoms with van der Waals surface area (Å²) in [6.45, 7) is 13.2. The predicted molar refractivity (Wildman–Crippen MR) is 207 cm³/mol. The number of thiol groups is 1. The van der Waals surface area contributed by atoms with Crippen LogP contribution in [0.15, 0.2) is 35.9 Å². The molecule has 3 heterocycles. The average Bonchev–Trinajstić information content (AvgIpc) is 3.79. The van der Waals surface area contributed by atoms with Gasteiger partial charge in [0.15, 0.2) is 5.78 Å². The molecule has 1 aromatic rings. The minimum atomic E-state index is -1.06. The summed E-state index contributed by atoms with van der Waals surface area (Å²) in [6.07, 6.45) is 4.60. The number of carbonyl (C=O) groups is 4. The summed E-state index contributed by atoms with van der Waals surface area (Å²) in [6, 6.07) is 2.78. The van der Waals surface area contributed by atoms with Crippen LogP contribution in [-0.4, -0.2) is 110 Å². The number of hydrogen-bond acceptors (Lipinski definition) is 11. The molecule has 4 bridgehead atoms. The quantitative estimate of drug-likeness (QED) is 0.202. The number of anilines is 1. The number of ketones is 1. The fourth-order valence-electron chi connectivity index (χ4n) is 7.25. The van der Waals surface area contributed by atoms with Crippen LogP contribution >= 0.6 is 12.6 Å². The van der Waals surface area contributed by atoms with Crippen LogP contribution in [0.25, 0.3) is 0 Å². The Kier molecular flexibility index (Phi) is 13.8. The number of allylic oxidation sites excluding steroid dienone is 3. The van der Waals surface area contributed by atoms with Gasteiger partial charge in [0, 0.05) is 62.4 Å². The molecule has 0 spiro atoms. The molecule has 3 aliphatic heterocycles. The van der Waals surface area contributed by atoms with Crippen LogP contribution in [0.2, 0.25) is 0 Å². The Balaban J connectivity index is 1.68. The number of alkyl carbamates (subject to hydrolysis) is 1. The predicted octanol–water partition coefficient (Wildman–Crippen LogP) is 5.38. The van der Waals surface area contributed by atoms with Gasteiger partial charge in [0.05, 0.1) is 31.9 Å². The number of benzene rings is 1. The number of rotatable bonds is 8. The number of carbonyl (C=O) groups excluding carboxylic acids is 4. The van der Waals surface area contributed by atoms with E-state index >= 15 is 0 Å². The summed E-state index contributed by atoms with van der Waals surface area (Å²) in [5, 5.41) is 2.90. The van der Waals surface area contributed by atoms with E-state index in [9.17, 15) is 19.2 Å². The first-order valence-corrected chi connectivity index (χ1v) is 18.8. The van der Waals surface area contributed by atoms with Crippen LogP contribution < -0.4 is 15.0 Å². The number of nitrogens with zero attached hydrogens (tertiary/aromatic N) is 2. The molecule has 1 N–H and O–H groups in total. The van der Waals surface area contributed by atoms with Crippen LogP contribution in [0, 0.1) is 12.8 Å². The van der Waals surface area contributed by atoms with Gasteiger partial charge in [0.25, 0.3) is 0 Å². The summed E-state index contributed by atoms with van der Waals surface area (Å²) in [7, 11) is 6.65. The Morgan fingerprint density at radius 2 is 1.91 bits per heavy atom. The van der Waals surface area contributed by atoms with Gasteiger partial charge in [-0.2, -0.15) is 12.6 Å². The van der Waals surface area contributed by atoms with Crippen molar-refractivity contribution in [3.05, 3.63) is 47.1 Å². The largest absolute Gasteiger partial charge is 0.496 e. The highest BCUT2D eigenvalue weighted by atomic mass is 32.1. The first-order valence-electron chi connectivity index (χ1n) is 18.4. The van der Waals surface area contributed by atoms with Gasteiger partial charge in [-0.1, -0.05) is 44.6 Å². The number of hydrogen-bond donors (Lipinski definition) is 2. The third kappa shape index (κ3) is 10.6. The fourth-order valence-corrected chi connectivity index (χ4v) is 7.36. The molecule has 3 aliphatic rings. The van der Waals surface area contributed by atoms with Gasteiger partial charge < -0.3 is 38.8 Å². The SMILES string of the molecule is COc1cc2cc(c1C)N(C)CC(=O)CC(OC(=O)C(C)N(C)C(=O)CCC(C)(C)S)C1(C)OC1C(C)C1CC(NC(=O)O1)C(OC)/C=C/C=C(\C)C2. The summed E-state index contributed by atoms with van der Waals surface area (Å²) in [4.78, 5) is 56.8. The number of amides is 2. The maximum atomic E-state index is 13.9. The van der Waals surface area contributed by atoms with E-state index in [1.54, 1.807) is 28.2 Å². The van der Waals surface area contributed by atoms with Crippen LogP contribution in [0.5, 0.6) is 5.75 Å². The van der Waals surface area contributed by atoms with E-state index in [1.165, 1.54) is 4.90 Å². The molecule has 0 aliphatic carbocycles. The third-order valence-corrected chi connectivity index (χ3v) is 11.1. The van der Waals surface area contributed by atoms with E-state index in [0.717, 1.165) is 22.4 Å². The lowest BCUT2D eigenvalue weighted by Gasteiger charge is -2.36. The number of likely N-dealkylation sites (N-methyl/N-ethyl adjacent to an activating group) is 2.